The Labute approximate surface area is 148 Å². The van der Waals surface area contributed by atoms with E-state index in [1.807, 2.05) is 45.2 Å². The largest absolute Gasteiger partial charge is 0.597 e. The van der Waals surface area contributed by atoms with E-state index in [1.165, 1.54) is 11.1 Å². The Hall–Kier alpha value is -1.23. The van der Waals surface area contributed by atoms with Crippen molar-refractivity contribution in [2.24, 2.45) is 0 Å². The van der Waals surface area contributed by atoms with Crippen LogP contribution in [0.3, 0.4) is 0 Å². The van der Waals surface area contributed by atoms with Crippen LogP contribution in [0, 0.1) is 0 Å². The summed E-state index contributed by atoms with van der Waals surface area (Å²) in [6.45, 7) is 6.81. The van der Waals surface area contributed by atoms with Crippen molar-refractivity contribution in [1.82, 2.24) is 4.31 Å². The maximum absolute atomic E-state index is 13.3. The summed E-state index contributed by atoms with van der Waals surface area (Å²) in [5, 5.41) is 0. The quantitative estimate of drug-likeness (QED) is 0.568. The molecular formula is C20H27NO2S. The molecule has 0 N–H and O–H groups in total. The standard InChI is InChI=1S/C20H27NO2S/c1-20(2,3)24(22)21(15-16-9-5-4-6-10-16)19(17-12-13-17)18-11-7-8-14-23-18/h4-6,8-10,12,14,18-19H,7,11,13,15H2,1-3H3/t18-,19-,24?/m0/s1. The molecule has 1 aromatic rings. The van der Waals surface area contributed by atoms with Crippen molar-refractivity contribution in [2.45, 2.75) is 63.5 Å². The Kier molecular flexibility index (Phi) is 5.38. The molecule has 0 spiro atoms. The summed E-state index contributed by atoms with van der Waals surface area (Å²) in [5.41, 5.74) is 2.55. The molecule has 1 unspecified atom stereocenters. The molecule has 1 heterocycles. The summed E-state index contributed by atoms with van der Waals surface area (Å²) in [6.07, 6.45) is 9.22. The van der Waals surface area contributed by atoms with Gasteiger partial charge in [-0.1, -0.05) is 36.4 Å². The Bertz CT molecular complexity index is 606. The molecule has 1 aromatic carbocycles. The van der Waals surface area contributed by atoms with E-state index in [9.17, 15) is 4.55 Å². The second-order valence-corrected chi connectivity index (χ2v) is 9.67. The highest BCUT2D eigenvalue weighted by molar-refractivity contribution is 7.90. The lowest BCUT2D eigenvalue weighted by atomic mass is 10.0. The number of ether oxygens (including phenoxy) is 1. The topological polar surface area (TPSA) is 35.5 Å². The molecule has 0 aromatic heterocycles. The Balaban J connectivity index is 1.89. The van der Waals surface area contributed by atoms with Crippen molar-refractivity contribution in [3.05, 3.63) is 59.9 Å². The summed E-state index contributed by atoms with van der Waals surface area (Å²) in [6, 6.07) is 10.4. The van der Waals surface area contributed by atoms with Gasteiger partial charge in [0.15, 0.2) is 0 Å². The zero-order valence-corrected chi connectivity index (χ0v) is 15.6. The Morgan fingerprint density at radius 1 is 1.29 bits per heavy atom. The van der Waals surface area contributed by atoms with Crippen molar-refractivity contribution >= 4 is 11.4 Å². The first-order valence-electron chi connectivity index (χ1n) is 8.69. The molecule has 4 heteroatoms. The van der Waals surface area contributed by atoms with Gasteiger partial charge in [-0.3, -0.25) is 0 Å². The maximum Gasteiger partial charge on any atom is 0.137 e. The first kappa shape index (κ1) is 17.6. The van der Waals surface area contributed by atoms with Crippen LogP contribution in [0.1, 0.15) is 45.6 Å². The average Bonchev–Trinajstić information content (AvgIpc) is 3.39. The lowest BCUT2D eigenvalue weighted by Crippen LogP contribution is -2.52. The molecule has 2 aliphatic rings. The molecule has 1 aliphatic carbocycles. The number of benzene rings is 1. The summed E-state index contributed by atoms with van der Waals surface area (Å²) in [5.74, 6) is 0. The van der Waals surface area contributed by atoms with Gasteiger partial charge in [-0.2, -0.15) is 0 Å². The molecule has 0 bridgehead atoms. The molecule has 0 fully saturated rings. The van der Waals surface area contributed by atoms with E-state index < -0.39 is 11.4 Å². The number of hydrogen-bond donors (Lipinski definition) is 0. The van der Waals surface area contributed by atoms with E-state index >= 15 is 0 Å². The van der Waals surface area contributed by atoms with Gasteiger partial charge in [0, 0.05) is 11.4 Å². The highest BCUT2D eigenvalue weighted by Crippen LogP contribution is 2.37. The van der Waals surface area contributed by atoms with Crippen molar-refractivity contribution in [2.75, 3.05) is 0 Å². The van der Waals surface area contributed by atoms with Gasteiger partial charge in [0.05, 0.1) is 12.8 Å². The smallest absolute Gasteiger partial charge is 0.137 e. The molecule has 130 valence electrons. The first-order valence-corrected chi connectivity index (χ1v) is 9.79. The predicted octanol–water partition coefficient (Wildman–Crippen LogP) is 4.34. The van der Waals surface area contributed by atoms with Gasteiger partial charge in [-0.25, -0.2) is 0 Å². The number of allylic oxidation sites excluding steroid dienone is 2. The van der Waals surface area contributed by atoms with Gasteiger partial charge in [0.1, 0.15) is 16.9 Å². The Morgan fingerprint density at radius 3 is 2.54 bits per heavy atom. The maximum atomic E-state index is 13.3. The molecule has 0 saturated heterocycles. The summed E-state index contributed by atoms with van der Waals surface area (Å²) in [7, 11) is 0. The third-order valence-electron chi connectivity index (χ3n) is 4.37. The van der Waals surface area contributed by atoms with E-state index in [-0.39, 0.29) is 16.9 Å². The van der Waals surface area contributed by atoms with E-state index in [4.69, 9.17) is 4.74 Å². The number of hydrogen-bond acceptors (Lipinski definition) is 3. The van der Waals surface area contributed by atoms with Crippen LogP contribution in [0.25, 0.3) is 0 Å². The van der Waals surface area contributed by atoms with Crippen LogP contribution in [-0.4, -0.2) is 25.8 Å². The molecule has 3 nitrogen and oxygen atoms in total. The third-order valence-corrected chi connectivity index (χ3v) is 6.20. The minimum Gasteiger partial charge on any atom is -0.597 e. The predicted molar refractivity (Wildman–Crippen MR) is 99.6 cm³/mol. The van der Waals surface area contributed by atoms with Crippen molar-refractivity contribution < 1.29 is 9.29 Å². The summed E-state index contributed by atoms with van der Waals surface area (Å²) >= 11 is -1.10. The molecule has 24 heavy (non-hydrogen) atoms. The highest BCUT2D eigenvalue weighted by Gasteiger charge is 2.44. The molecule has 3 atom stereocenters. The molecule has 1 aliphatic heterocycles. The fourth-order valence-electron chi connectivity index (χ4n) is 3.07. The molecular weight excluding hydrogens is 318 g/mol. The van der Waals surface area contributed by atoms with Crippen LogP contribution >= 0.6 is 0 Å². The SMILES string of the molecule is CC(C)(C)[S+]([O-])N(Cc1ccccc1)[C@@H](C1=CC1)[C@@H]1CCC=CO1. The highest BCUT2D eigenvalue weighted by atomic mass is 32.2. The van der Waals surface area contributed by atoms with Crippen LogP contribution in [0.4, 0.5) is 0 Å². The first-order chi connectivity index (χ1) is 11.5. The van der Waals surface area contributed by atoms with Crippen LogP contribution in [0.15, 0.2) is 54.3 Å². The lowest BCUT2D eigenvalue weighted by molar-refractivity contribution is 0.0697. The lowest BCUT2D eigenvalue weighted by Gasteiger charge is -2.40. The summed E-state index contributed by atoms with van der Waals surface area (Å²) in [4.78, 5) is 0. The Morgan fingerprint density at radius 2 is 2.00 bits per heavy atom. The third kappa shape index (κ3) is 4.24. The molecule has 0 saturated carbocycles. The van der Waals surface area contributed by atoms with Crippen molar-refractivity contribution in [1.29, 1.82) is 0 Å². The fraction of sp³-hybridized carbons (Fsp3) is 0.500. The van der Waals surface area contributed by atoms with E-state index in [2.05, 4.69) is 28.6 Å². The van der Waals surface area contributed by atoms with Gasteiger partial charge in [0.25, 0.3) is 0 Å². The zero-order valence-electron chi connectivity index (χ0n) is 14.8. The van der Waals surface area contributed by atoms with Crippen LogP contribution in [0.5, 0.6) is 0 Å². The van der Waals surface area contributed by atoms with E-state index in [0.29, 0.717) is 6.54 Å². The zero-order chi connectivity index (χ0) is 17.2. The van der Waals surface area contributed by atoms with Crippen molar-refractivity contribution in [3.8, 4) is 0 Å². The normalized spacial score (nSPS) is 22.7. The van der Waals surface area contributed by atoms with Gasteiger partial charge in [-0.15, -0.1) is 4.31 Å². The van der Waals surface area contributed by atoms with E-state index in [1.54, 1.807) is 0 Å². The molecule has 0 radical (unpaired) electrons. The van der Waals surface area contributed by atoms with Gasteiger partial charge < -0.3 is 9.29 Å². The van der Waals surface area contributed by atoms with Crippen molar-refractivity contribution in [3.63, 3.8) is 0 Å². The van der Waals surface area contributed by atoms with E-state index in [0.717, 1.165) is 19.3 Å². The van der Waals surface area contributed by atoms with Crippen LogP contribution in [-0.2, 0) is 22.6 Å². The molecule has 3 rings (SSSR count). The fourth-order valence-corrected chi connectivity index (χ4v) is 4.52. The minimum absolute atomic E-state index is 0.0822. The second-order valence-electron chi connectivity index (χ2n) is 7.47. The minimum atomic E-state index is -1.10. The monoisotopic (exact) mass is 345 g/mol. The van der Waals surface area contributed by atoms with Gasteiger partial charge >= 0.3 is 0 Å². The van der Waals surface area contributed by atoms with Gasteiger partial charge in [0.2, 0.25) is 0 Å². The van der Waals surface area contributed by atoms with Crippen LogP contribution < -0.4 is 0 Å². The van der Waals surface area contributed by atoms with Crippen LogP contribution in [0.2, 0.25) is 0 Å². The summed E-state index contributed by atoms with van der Waals surface area (Å²) < 4.78 is 21.1. The second kappa shape index (κ2) is 7.34. The average molecular weight is 346 g/mol. The number of nitrogens with zero attached hydrogens (tertiary/aromatic N) is 1. The number of rotatable bonds is 6. The van der Waals surface area contributed by atoms with Gasteiger partial charge in [-0.05, 0) is 57.2 Å². The molecule has 0 amide bonds.